The number of aliphatic carboxylic acids is 1. The summed E-state index contributed by atoms with van der Waals surface area (Å²) >= 11 is 0. The summed E-state index contributed by atoms with van der Waals surface area (Å²) < 4.78 is 5.30. The van der Waals surface area contributed by atoms with Crippen LogP contribution in [0.5, 0.6) is 0 Å². The highest BCUT2D eigenvalue weighted by atomic mass is 16.6. The average molecular weight is 332 g/mol. The van der Waals surface area contributed by atoms with E-state index in [-0.39, 0.29) is 31.5 Å². The van der Waals surface area contributed by atoms with Gasteiger partial charge in [0, 0.05) is 26.1 Å². The highest BCUT2D eigenvalue weighted by Crippen LogP contribution is 2.25. The molecule has 0 radical (unpaired) electrons. The Morgan fingerprint density at radius 2 is 1.96 bits per heavy atom. The highest BCUT2D eigenvalue weighted by Gasteiger charge is 2.41. The average Bonchev–Trinajstić information content (AvgIpc) is 3.20. The number of rotatable bonds is 4. The third kappa shape index (κ3) is 3.50. The first-order chi connectivity index (χ1) is 11.5. The molecule has 1 aromatic carbocycles. The van der Waals surface area contributed by atoms with Crippen LogP contribution >= 0.6 is 0 Å². The summed E-state index contributed by atoms with van der Waals surface area (Å²) in [4.78, 5) is 38.3. The van der Waals surface area contributed by atoms with Crippen molar-refractivity contribution in [3.05, 3.63) is 35.9 Å². The summed E-state index contributed by atoms with van der Waals surface area (Å²) in [5.74, 6) is -1.73. The molecule has 2 saturated heterocycles. The van der Waals surface area contributed by atoms with Gasteiger partial charge in [-0.2, -0.15) is 0 Å². The van der Waals surface area contributed by atoms with Crippen molar-refractivity contribution >= 4 is 18.0 Å². The number of likely N-dealkylation sites (tertiary alicyclic amines) is 2. The van der Waals surface area contributed by atoms with Gasteiger partial charge in [0.25, 0.3) is 0 Å². The van der Waals surface area contributed by atoms with E-state index in [0.29, 0.717) is 19.5 Å². The number of hydrogen-bond donors (Lipinski definition) is 1. The predicted molar refractivity (Wildman–Crippen MR) is 84.1 cm³/mol. The zero-order valence-electron chi connectivity index (χ0n) is 13.3. The molecule has 7 heteroatoms. The lowest BCUT2D eigenvalue weighted by Crippen LogP contribution is -2.40. The van der Waals surface area contributed by atoms with Gasteiger partial charge in [0.1, 0.15) is 6.61 Å². The Balaban J connectivity index is 1.51. The van der Waals surface area contributed by atoms with Crippen LogP contribution in [0.25, 0.3) is 0 Å². The summed E-state index contributed by atoms with van der Waals surface area (Å²) in [7, 11) is 0. The van der Waals surface area contributed by atoms with Crippen LogP contribution < -0.4 is 0 Å². The van der Waals surface area contributed by atoms with E-state index in [2.05, 4.69) is 0 Å². The molecule has 2 fully saturated rings. The van der Waals surface area contributed by atoms with Crippen LogP contribution in [-0.4, -0.2) is 58.6 Å². The molecule has 2 unspecified atom stereocenters. The number of ether oxygens (including phenoxy) is 1. The fraction of sp³-hybridized carbons (Fsp3) is 0.471. The van der Waals surface area contributed by atoms with Crippen LogP contribution in [0.1, 0.15) is 18.4 Å². The lowest BCUT2D eigenvalue weighted by atomic mass is 10.1. The molecule has 0 aliphatic carbocycles. The highest BCUT2D eigenvalue weighted by molar-refractivity contribution is 5.86. The monoisotopic (exact) mass is 332 g/mol. The molecule has 24 heavy (non-hydrogen) atoms. The molecule has 2 aliphatic heterocycles. The molecule has 2 aliphatic rings. The van der Waals surface area contributed by atoms with Crippen molar-refractivity contribution in [3.63, 3.8) is 0 Å². The van der Waals surface area contributed by atoms with Crippen LogP contribution in [-0.2, 0) is 20.9 Å². The minimum absolute atomic E-state index is 0.0459. The van der Waals surface area contributed by atoms with E-state index in [0.717, 1.165) is 5.56 Å². The zero-order chi connectivity index (χ0) is 17.1. The Morgan fingerprint density at radius 1 is 1.21 bits per heavy atom. The van der Waals surface area contributed by atoms with Crippen molar-refractivity contribution < 1.29 is 24.2 Å². The predicted octanol–water partition coefficient (Wildman–Crippen LogP) is 1.33. The van der Waals surface area contributed by atoms with E-state index < -0.39 is 18.0 Å². The molecule has 1 N–H and O–H groups in total. The Hall–Kier alpha value is -2.57. The van der Waals surface area contributed by atoms with E-state index in [1.807, 2.05) is 30.3 Å². The third-order valence-corrected chi connectivity index (χ3v) is 4.58. The minimum atomic E-state index is -0.942. The smallest absolute Gasteiger partial charge is 0.410 e. The number of hydrogen-bond acceptors (Lipinski definition) is 4. The van der Waals surface area contributed by atoms with E-state index in [1.54, 1.807) is 9.80 Å². The SMILES string of the molecule is O=C(O)C1CC(=O)N(C2CCN(C(=O)OCc3ccccc3)C2)C1. The summed E-state index contributed by atoms with van der Waals surface area (Å²) in [6.45, 7) is 1.35. The van der Waals surface area contributed by atoms with E-state index in [1.165, 1.54) is 0 Å². The van der Waals surface area contributed by atoms with Gasteiger partial charge in [0.2, 0.25) is 5.91 Å². The van der Waals surface area contributed by atoms with Crippen molar-refractivity contribution in [1.82, 2.24) is 9.80 Å². The number of carboxylic acids is 1. The van der Waals surface area contributed by atoms with Crippen LogP contribution in [0.3, 0.4) is 0 Å². The van der Waals surface area contributed by atoms with Crippen molar-refractivity contribution in [3.8, 4) is 0 Å². The van der Waals surface area contributed by atoms with Gasteiger partial charge in [-0.25, -0.2) is 4.79 Å². The van der Waals surface area contributed by atoms with Gasteiger partial charge in [-0.15, -0.1) is 0 Å². The molecule has 0 bridgehead atoms. The fourth-order valence-electron chi connectivity index (χ4n) is 3.22. The van der Waals surface area contributed by atoms with Crippen LogP contribution in [0.15, 0.2) is 30.3 Å². The van der Waals surface area contributed by atoms with Crippen molar-refractivity contribution in [1.29, 1.82) is 0 Å². The van der Waals surface area contributed by atoms with E-state index >= 15 is 0 Å². The van der Waals surface area contributed by atoms with Gasteiger partial charge in [0.05, 0.1) is 12.0 Å². The zero-order valence-corrected chi connectivity index (χ0v) is 13.3. The third-order valence-electron chi connectivity index (χ3n) is 4.58. The van der Waals surface area contributed by atoms with Gasteiger partial charge < -0.3 is 19.6 Å². The second-order valence-electron chi connectivity index (χ2n) is 6.21. The molecule has 0 aromatic heterocycles. The molecule has 2 heterocycles. The summed E-state index contributed by atoms with van der Waals surface area (Å²) in [6.07, 6.45) is 0.297. The second-order valence-corrected chi connectivity index (χ2v) is 6.21. The Kier molecular flexibility index (Phi) is 4.69. The van der Waals surface area contributed by atoms with Gasteiger partial charge in [-0.3, -0.25) is 9.59 Å². The maximum Gasteiger partial charge on any atom is 0.410 e. The van der Waals surface area contributed by atoms with Crippen LogP contribution in [0.2, 0.25) is 0 Å². The van der Waals surface area contributed by atoms with Crippen molar-refractivity contribution in [2.24, 2.45) is 5.92 Å². The Morgan fingerprint density at radius 3 is 2.62 bits per heavy atom. The number of carbonyl (C=O) groups excluding carboxylic acids is 2. The quantitative estimate of drug-likeness (QED) is 0.899. The molecule has 0 saturated carbocycles. The topological polar surface area (TPSA) is 87.2 Å². The van der Waals surface area contributed by atoms with Gasteiger partial charge >= 0.3 is 12.1 Å². The molecule has 2 atom stereocenters. The van der Waals surface area contributed by atoms with Gasteiger partial charge in [0.15, 0.2) is 0 Å². The van der Waals surface area contributed by atoms with Crippen molar-refractivity contribution in [2.75, 3.05) is 19.6 Å². The number of carbonyl (C=O) groups is 3. The first-order valence-corrected chi connectivity index (χ1v) is 8.02. The Bertz CT molecular complexity index is 633. The normalized spacial score (nSPS) is 23.6. The molecule has 2 amide bonds. The minimum Gasteiger partial charge on any atom is -0.481 e. The lowest BCUT2D eigenvalue weighted by molar-refractivity contribution is -0.141. The van der Waals surface area contributed by atoms with Crippen molar-refractivity contribution in [2.45, 2.75) is 25.5 Å². The lowest BCUT2D eigenvalue weighted by Gasteiger charge is -2.24. The number of nitrogens with zero attached hydrogens (tertiary/aromatic N) is 2. The molecule has 1 aromatic rings. The van der Waals surface area contributed by atoms with Gasteiger partial charge in [-0.05, 0) is 12.0 Å². The van der Waals surface area contributed by atoms with Crippen LogP contribution in [0, 0.1) is 5.92 Å². The fourth-order valence-corrected chi connectivity index (χ4v) is 3.22. The first kappa shape index (κ1) is 16.3. The second kappa shape index (κ2) is 6.90. The Labute approximate surface area is 139 Å². The van der Waals surface area contributed by atoms with E-state index in [4.69, 9.17) is 9.84 Å². The van der Waals surface area contributed by atoms with E-state index in [9.17, 15) is 14.4 Å². The maximum absolute atomic E-state index is 12.1. The molecular formula is C17H20N2O5. The molecule has 7 nitrogen and oxygen atoms in total. The largest absolute Gasteiger partial charge is 0.481 e. The summed E-state index contributed by atoms with van der Waals surface area (Å²) in [6, 6.07) is 9.31. The van der Waals surface area contributed by atoms with Gasteiger partial charge in [-0.1, -0.05) is 30.3 Å². The standard InChI is InChI=1S/C17H20N2O5/c20-15-8-13(16(21)22)9-19(15)14-6-7-18(10-14)17(23)24-11-12-4-2-1-3-5-12/h1-5,13-14H,6-11H2,(H,21,22). The molecule has 128 valence electrons. The summed E-state index contributed by atoms with van der Waals surface area (Å²) in [5, 5.41) is 9.05. The molecule has 0 spiro atoms. The first-order valence-electron chi connectivity index (χ1n) is 8.02. The molecule has 3 rings (SSSR count). The number of benzene rings is 1. The number of carboxylic acid groups (broad SMARTS) is 1. The summed E-state index contributed by atoms with van der Waals surface area (Å²) in [5.41, 5.74) is 0.917. The molecular weight excluding hydrogens is 312 g/mol. The van der Waals surface area contributed by atoms with Crippen LogP contribution in [0.4, 0.5) is 4.79 Å². The maximum atomic E-state index is 12.1. The number of amides is 2.